The van der Waals surface area contributed by atoms with Crippen molar-refractivity contribution in [3.05, 3.63) is 66.2 Å². The Morgan fingerprint density at radius 3 is 2.43 bits per heavy atom. The lowest BCUT2D eigenvalue weighted by Gasteiger charge is -2.09. The van der Waals surface area contributed by atoms with Gasteiger partial charge in [-0.15, -0.1) is 11.3 Å². The van der Waals surface area contributed by atoms with Crippen LogP contribution in [0.1, 0.15) is 17.3 Å². The molecule has 0 radical (unpaired) electrons. The van der Waals surface area contributed by atoms with Crippen LogP contribution in [0.15, 0.2) is 65.6 Å². The summed E-state index contributed by atoms with van der Waals surface area (Å²) in [5.41, 5.74) is 1.35. The third kappa shape index (κ3) is 5.23. The molecule has 0 aliphatic rings. The fourth-order valence-electron chi connectivity index (χ4n) is 2.61. The van der Waals surface area contributed by atoms with E-state index in [-0.39, 0.29) is 22.8 Å². The van der Waals surface area contributed by atoms with Crippen molar-refractivity contribution in [2.24, 2.45) is 5.14 Å². The molecule has 156 valence electrons. The SMILES string of the molecule is CCOC(=O)c1cc(-c2ccccc2)sc1NC(=O)Nc1cccc(S(N)(=O)=O)c1. The van der Waals surface area contributed by atoms with Crippen molar-refractivity contribution in [3.8, 4) is 10.4 Å². The molecule has 0 saturated carbocycles. The van der Waals surface area contributed by atoms with Crippen LogP contribution in [-0.4, -0.2) is 27.0 Å². The van der Waals surface area contributed by atoms with Crippen molar-refractivity contribution in [1.82, 2.24) is 0 Å². The van der Waals surface area contributed by atoms with Crippen molar-refractivity contribution in [2.75, 3.05) is 17.2 Å². The topological polar surface area (TPSA) is 128 Å². The van der Waals surface area contributed by atoms with Crippen LogP contribution in [0.25, 0.3) is 10.4 Å². The van der Waals surface area contributed by atoms with Crippen LogP contribution in [0.4, 0.5) is 15.5 Å². The summed E-state index contributed by atoms with van der Waals surface area (Å²) < 4.78 is 28.0. The molecule has 4 N–H and O–H groups in total. The van der Waals surface area contributed by atoms with E-state index in [1.807, 2.05) is 30.3 Å². The Kier molecular flexibility index (Phi) is 6.50. The monoisotopic (exact) mass is 445 g/mol. The first kappa shape index (κ1) is 21.5. The van der Waals surface area contributed by atoms with Crippen LogP contribution in [0.2, 0.25) is 0 Å². The molecule has 0 atom stereocenters. The molecule has 0 aliphatic carbocycles. The van der Waals surface area contributed by atoms with E-state index in [1.165, 1.54) is 35.6 Å². The number of amides is 2. The average Bonchev–Trinajstić information content (AvgIpc) is 3.12. The number of esters is 1. The maximum atomic E-state index is 12.5. The number of nitrogens with two attached hydrogens (primary N) is 1. The number of urea groups is 1. The number of rotatable bonds is 6. The van der Waals surface area contributed by atoms with Gasteiger partial charge in [-0.1, -0.05) is 36.4 Å². The Bertz CT molecular complexity index is 1170. The molecule has 3 aromatic rings. The summed E-state index contributed by atoms with van der Waals surface area (Å²) in [6, 6.07) is 16.0. The summed E-state index contributed by atoms with van der Waals surface area (Å²) in [6.07, 6.45) is 0. The van der Waals surface area contributed by atoms with Crippen molar-refractivity contribution < 1.29 is 22.7 Å². The van der Waals surface area contributed by atoms with Gasteiger partial charge in [0.2, 0.25) is 10.0 Å². The quantitative estimate of drug-likeness (QED) is 0.496. The highest BCUT2D eigenvalue weighted by Crippen LogP contribution is 2.36. The minimum atomic E-state index is -3.90. The van der Waals surface area contributed by atoms with Crippen molar-refractivity contribution in [2.45, 2.75) is 11.8 Å². The molecule has 0 saturated heterocycles. The Morgan fingerprint density at radius 2 is 1.77 bits per heavy atom. The molecular formula is C20H19N3O5S2. The molecule has 0 aliphatic heterocycles. The van der Waals surface area contributed by atoms with Crippen LogP contribution in [0.5, 0.6) is 0 Å². The summed E-state index contributed by atoms with van der Waals surface area (Å²) in [5, 5.41) is 10.6. The van der Waals surface area contributed by atoms with Gasteiger partial charge in [0.15, 0.2) is 0 Å². The number of anilines is 2. The lowest BCUT2D eigenvalue weighted by atomic mass is 10.1. The Hall–Kier alpha value is -3.21. The van der Waals surface area contributed by atoms with Gasteiger partial charge >= 0.3 is 12.0 Å². The molecule has 2 aromatic carbocycles. The van der Waals surface area contributed by atoms with Crippen LogP contribution in [0, 0.1) is 0 Å². The molecule has 0 spiro atoms. The largest absolute Gasteiger partial charge is 0.462 e. The van der Waals surface area contributed by atoms with Crippen LogP contribution < -0.4 is 15.8 Å². The minimum Gasteiger partial charge on any atom is -0.462 e. The van der Waals surface area contributed by atoms with E-state index in [1.54, 1.807) is 13.0 Å². The predicted octanol–water partition coefficient (Wildman–Crippen LogP) is 3.88. The molecule has 1 heterocycles. The zero-order chi connectivity index (χ0) is 21.7. The average molecular weight is 446 g/mol. The van der Waals surface area contributed by atoms with Gasteiger partial charge in [0.05, 0.1) is 17.1 Å². The Balaban J connectivity index is 1.85. The fourth-order valence-corrected chi connectivity index (χ4v) is 4.21. The zero-order valence-electron chi connectivity index (χ0n) is 15.9. The third-order valence-electron chi connectivity index (χ3n) is 3.93. The summed E-state index contributed by atoms with van der Waals surface area (Å²) in [4.78, 5) is 25.5. The highest BCUT2D eigenvalue weighted by molar-refractivity contribution is 7.89. The molecule has 0 bridgehead atoms. The van der Waals surface area contributed by atoms with E-state index in [9.17, 15) is 18.0 Å². The molecule has 2 amide bonds. The number of nitrogens with one attached hydrogen (secondary N) is 2. The number of hydrogen-bond donors (Lipinski definition) is 3. The number of ether oxygens (including phenoxy) is 1. The van der Waals surface area contributed by atoms with Crippen molar-refractivity contribution in [1.29, 1.82) is 0 Å². The van der Waals surface area contributed by atoms with Gasteiger partial charge in [0.25, 0.3) is 0 Å². The number of thiophene rings is 1. The van der Waals surface area contributed by atoms with Gasteiger partial charge in [-0.05, 0) is 36.8 Å². The van der Waals surface area contributed by atoms with Crippen LogP contribution in [-0.2, 0) is 14.8 Å². The van der Waals surface area contributed by atoms with E-state index in [2.05, 4.69) is 10.6 Å². The molecule has 1 aromatic heterocycles. The van der Waals surface area contributed by atoms with Crippen LogP contribution >= 0.6 is 11.3 Å². The summed E-state index contributed by atoms with van der Waals surface area (Å²) in [6.45, 7) is 1.89. The molecule has 10 heteroatoms. The first-order chi connectivity index (χ1) is 14.3. The Labute approximate surface area is 177 Å². The summed E-state index contributed by atoms with van der Waals surface area (Å²) >= 11 is 1.22. The van der Waals surface area contributed by atoms with E-state index in [0.29, 0.717) is 5.00 Å². The number of sulfonamides is 1. The van der Waals surface area contributed by atoms with Crippen molar-refractivity contribution in [3.63, 3.8) is 0 Å². The molecule has 0 fully saturated rings. The highest BCUT2D eigenvalue weighted by atomic mass is 32.2. The maximum Gasteiger partial charge on any atom is 0.341 e. The first-order valence-corrected chi connectivity index (χ1v) is 11.2. The summed E-state index contributed by atoms with van der Waals surface area (Å²) in [7, 11) is -3.90. The lowest BCUT2D eigenvalue weighted by Crippen LogP contribution is -2.21. The molecule has 8 nitrogen and oxygen atoms in total. The number of hydrogen-bond acceptors (Lipinski definition) is 6. The number of benzene rings is 2. The van der Waals surface area contributed by atoms with Gasteiger partial charge in [-0.25, -0.2) is 23.1 Å². The number of carbonyl (C=O) groups excluding carboxylic acids is 2. The summed E-state index contributed by atoms with van der Waals surface area (Å²) in [5.74, 6) is -0.553. The van der Waals surface area contributed by atoms with Gasteiger partial charge in [0.1, 0.15) is 5.00 Å². The second kappa shape index (κ2) is 9.08. The lowest BCUT2D eigenvalue weighted by molar-refractivity contribution is 0.0528. The number of carbonyl (C=O) groups is 2. The second-order valence-electron chi connectivity index (χ2n) is 6.09. The number of primary sulfonamides is 1. The first-order valence-electron chi connectivity index (χ1n) is 8.85. The second-order valence-corrected chi connectivity index (χ2v) is 8.71. The van der Waals surface area contributed by atoms with Crippen molar-refractivity contribution >= 4 is 44.0 Å². The highest BCUT2D eigenvalue weighted by Gasteiger charge is 2.20. The molecule has 3 rings (SSSR count). The normalized spacial score (nSPS) is 11.0. The van der Waals surface area contributed by atoms with Gasteiger partial charge in [-0.2, -0.15) is 0 Å². The predicted molar refractivity (Wildman–Crippen MR) is 116 cm³/mol. The Morgan fingerprint density at radius 1 is 1.03 bits per heavy atom. The van der Waals surface area contributed by atoms with E-state index in [4.69, 9.17) is 9.88 Å². The smallest absolute Gasteiger partial charge is 0.341 e. The zero-order valence-corrected chi connectivity index (χ0v) is 17.5. The van der Waals surface area contributed by atoms with Gasteiger partial charge in [-0.3, -0.25) is 5.32 Å². The molecule has 30 heavy (non-hydrogen) atoms. The third-order valence-corrected chi connectivity index (χ3v) is 5.94. The minimum absolute atomic E-state index is 0.130. The van der Waals surface area contributed by atoms with Gasteiger partial charge < -0.3 is 10.1 Å². The van der Waals surface area contributed by atoms with E-state index in [0.717, 1.165) is 10.4 Å². The maximum absolute atomic E-state index is 12.5. The van der Waals surface area contributed by atoms with Gasteiger partial charge in [0, 0.05) is 10.6 Å². The van der Waals surface area contributed by atoms with E-state index >= 15 is 0 Å². The standard InChI is InChI=1S/C20H19N3O5S2/c1-2-28-19(24)16-12-17(13-7-4-3-5-8-13)29-18(16)23-20(25)22-14-9-6-10-15(11-14)30(21,26)27/h3-12H,2H2,1H3,(H2,21,26,27)(H2,22,23,25). The van der Waals surface area contributed by atoms with E-state index < -0.39 is 22.0 Å². The van der Waals surface area contributed by atoms with Crippen LogP contribution in [0.3, 0.4) is 0 Å². The molecule has 0 unspecified atom stereocenters. The molecular weight excluding hydrogens is 426 g/mol. The fraction of sp³-hybridized carbons (Fsp3) is 0.100.